The number of rotatable bonds is 3. The van der Waals surface area contributed by atoms with Gasteiger partial charge in [0.2, 0.25) is 0 Å². The van der Waals surface area contributed by atoms with E-state index in [1.54, 1.807) is 12.3 Å². The second-order valence-corrected chi connectivity index (χ2v) is 5.44. The Hall–Kier alpha value is -1.54. The van der Waals surface area contributed by atoms with Crippen molar-refractivity contribution in [3.05, 3.63) is 29.0 Å². The molecule has 2 rings (SSSR count). The molecule has 0 spiro atoms. The molecule has 122 valence electrons. The van der Waals surface area contributed by atoms with Crippen LogP contribution in [-0.2, 0) is 6.54 Å². The number of amides is 2. The number of urea groups is 1. The number of hydrogen-bond acceptors (Lipinski definition) is 3. The summed E-state index contributed by atoms with van der Waals surface area (Å²) in [5.41, 5.74) is 0.861. The lowest BCUT2D eigenvalue weighted by Gasteiger charge is -2.34. The molecule has 0 aliphatic carbocycles. The summed E-state index contributed by atoms with van der Waals surface area (Å²) in [6, 6.07) is 2.90. The number of piperazine rings is 1. The molecule has 2 amide bonds. The minimum atomic E-state index is -4.39. The Morgan fingerprint density at radius 1 is 1.27 bits per heavy atom. The van der Waals surface area contributed by atoms with Crippen molar-refractivity contribution >= 4 is 17.6 Å². The third kappa shape index (κ3) is 5.34. The molecule has 5 nitrogen and oxygen atoms in total. The molecule has 1 aliphatic heterocycles. The molecule has 0 saturated carbocycles. The first-order valence-corrected chi connectivity index (χ1v) is 7.13. The first-order valence-electron chi connectivity index (χ1n) is 6.76. The van der Waals surface area contributed by atoms with E-state index in [1.807, 2.05) is 11.4 Å². The topological polar surface area (TPSA) is 48.5 Å². The lowest BCUT2D eigenvalue weighted by Crippen LogP contribution is -2.52. The number of pyridine rings is 1. The van der Waals surface area contributed by atoms with E-state index in [0.29, 0.717) is 37.7 Å². The van der Waals surface area contributed by atoms with Crippen molar-refractivity contribution < 1.29 is 18.0 Å². The Bertz CT molecular complexity index is 501. The summed E-state index contributed by atoms with van der Waals surface area (Å²) < 4.78 is 36.2. The van der Waals surface area contributed by atoms with Crippen LogP contribution < -0.4 is 5.32 Å². The first-order chi connectivity index (χ1) is 10.3. The van der Waals surface area contributed by atoms with Gasteiger partial charge in [-0.3, -0.25) is 9.88 Å². The maximum absolute atomic E-state index is 12.1. The van der Waals surface area contributed by atoms with E-state index in [0.717, 1.165) is 5.69 Å². The number of carbonyl (C=O) groups is 1. The number of halogens is 4. The molecule has 1 aromatic heterocycles. The fourth-order valence-corrected chi connectivity index (χ4v) is 2.24. The molecule has 0 bridgehead atoms. The summed E-state index contributed by atoms with van der Waals surface area (Å²) in [5, 5.41) is 2.44. The average Bonchev–Trinajstić information content (AvgIpc) is 2.47. The third-order valence-corrected chi connectivity index (χ3v) is 3.50. The second-order valence-electron chi connectivity index (χ2n) is 5.00. The van der Waals surface area contributed by atoms with Crippen LogP contribution in [0, 0.1) is 0 Å². The van der Waals surface area contributed by atoms with Gasteiger partial charge >= 0.3 is 12.2 Å². The van der Waals surface area contributed by atoms with E-state index in [1.165, 1.54) is 4.90 Å². The number of hydrogen-bond donors (Lipinski definition) is 1. The van der Waals surface area contributed by atoms with Gasteiger partial charge in [0, 0.05) is 38.9 Å². The zero-order valence-corrected chi connectivity index (χ0v) is 12.5. The summed E-state index contributed by atoms with van der Waals surface area (Å²) in [4.78, 5) is 19.3. The highest BCUT2D eigenvalue weighted by molar-refractivity contribution is 6.30. The third-order valence-electron chi connectivity index (χ3n) is 3.27. The molecule has 1 aromatic rings. The zero-order chi connectivity index (χ0) is 16.2. The first kappa shape index (κ1) is 16.8. The maximum atomic E-state index is 12.1. The Morgan fingerprint density at radius 2 is 1.95 bits per heavy atom. The molecular formula is C13H16ClF3N4O. The van der Waals surface area contributed by atoms with E-state index in [2.05, 4.69) is 9.88 Å². The Morgan fingerprint density at radius 3 is 2.50 bits per heavy atom. The molecule has 9 heteroatoms. The van der Waals surface area contributed by atoms with Crippen LogP contribution in [0.4, 0.5) is 18.0 Å². The van der Waals surface area contributed by atoms with Crippen LogP contribution in [0.5, 0.6) is 0 Å². The quantitative estimate of drug-likeness (QED) is 0.920. The van der Waals surface area contributed by atoms with Gasteiger partial charge < -0.3 is 10.2 Å². The fraction of sp³-hybridized carbons (Fsp3) is 0.538. The number of alkyl halides is 3. The number of nitrogens with one attached hydrogen (secondary N) is 1. The summed E-state index contributed by atoms with van der Waals surface area (Å²) in [7, 11) is 0. The smallest absolute Gasteiger partial charge is 0.329 e. The molecule has 1 N–H and O–H groups in total. The molecule has 0 unspecified atom stereocenters. The predicted octanol–water partition coefficient (Wildman–Crippen LogP) is 2.12. The van der Waals surface area contributed by atoms with Crippen molar-refractivity contribution in [3.63, 3.8) is 0 Å². The Kier molecular flexibility index (Phi) is 5.47. The SMILES string of the molecule is O=C(NCC(F)(F)F)N1CCN(Cc2ccc(Cl)cn2)CC1. The van der Waals surface area contributed by atoms with Gasteiger partial charge in [0.05, 0.1) is 10.7 Å². The highest BCUT2D eigenvalue weighted by Crippen LogP contribution is 2.13. The van der Waals surface area contributed by atoms with Crippen LogP contribution in [0.2, 0.25) is 5.02 Å². The van der Waals surface area contributed by atoms with Crippen LogP contribution in [0.25, 0.3) is 0 Å². The van der Waals surface area contributed by atoms with Crippen LogP contribution in [0.15, 0.2) is 18.3 Å². The van der Waals surface area contributed by atoms with Crippen molar-refractivity contribution in [3.8, 4) is 0 Å². The van der Waals surface area contributed by atoms with E-state index in [9.17, 15) is 18.0 Å². The Balaban J connectivity index is 1.75. The van der Waals surface area contributed by atoms with Crippen molar-refractivity contribution in [2.24, 2.45) is 0 Å². The summed E-state index contributed by atoms with van der Waals surface area (Å²) in [6.07, 6.45) is -2.82. The van der Waals surface area contributed by atoms with Crippen molar-refractivity contribution in [1.82, 2.24) is 20.1 Å². The lowest BCUT2D eigenvalue weighted by molar-refractivity contribution is -0.123. The van der Waals surface area contributed by atoms with E-state index in [4.69, 9.17) is 11.6 Å². The number of nitrogens with zero attached hydrogens (tertiary/aromatic N) is 3. The molecule has 22 heavy (non-hydrogen) atoms. The van der Waals surface area contributed by atoms with Gasteiger partial charge in [-0.15, -0.1) is 0 Å². The van der Waals surface area contributed by atoms with Crippen molar-refractivity contribution in [1.29, 1.82) is 0 Å². The fourth-order valence-electron chi connectivity index (χ4n) is 2.13. The maximum Gasteiger partial charge on any atom is 0.405 e. The second kappa shape index (κ2) is 7.15. The molecule has 0 radical (unpaired) electrons. The highest BCUT2D eigenvalue weighted by Gasteiger charge is 2.29. The largest absolute Gasteiger partial charge is 0.405 e. The van der Waals surface area contributed by atoms with Gasteiger partial charge in [-0.05, 0) is 12.1 Å². The predicted molar refractivity (Wildman–Crippen MR) is 75.6 cm³/mol. The minimum absolute atomic E-state index is 0.386. The van der Waals surface area contributed by atoms with Crippen molar-refractivity contribution in [2.75, 3.05) is 32.7 Å². The van der Waals surface area contributed by atoms with Gasteiger partial charge in [-0.1, -0.05) is 11.6 Å². The molecular weight excluding hydrogens is 321 g/mol. The molecule has 2 heterocycles. The minimum Gasteiger partial charge on any atom is -0.329 e. The number of aromatic nitrogens is 1. The standard InChI is InChI=1S/C13H16ClF3N4O/c14-10-1-2-11(18-7-10)8-20-3-5-21(6-4-20)12(22)19-9-13(15,16)17/h1-2,7H,3-6,8-9H2,(H,19,22). The molecule has 0 atom stereocenters. The van der Waals surface area contributed by atoms with E-state index < -0.39 is 18.8 Å². The molecule has 1 saturated heterocycles. The molecule has 1 fully saturated rings. The van der Waals surface area contributed by atoms with E-state index >= 15 is 0 Å². The van der Waals surface area contributed by atoms with Crippen LogP contribution >= 0.6 is 11.6 Å². The van der Waals surface area contributed by atoms with Gasteiger partial charge in [0.25, 0.3) is 0 Å². The van der Waals surface area contributed by atoms with E-state index in [-0.39, 0.29) is 0 Å². The average molecular weight is 337 g/mol. The monoisotopic (exact) mass is 336 g/mol. The highest BCUT2D eigenvalue weighted by atomic mass is 35.5. The summed E-state index contributed by atoms with van der Waals surface area (Å²) in [6.45, 7) is 1.26. The van der Waals surface area contributed by atoms with Crippen LogP contribution in [0.1, 0.15) is 5.69 Å². The van der Waals surface area contributed by atoms with Crippen LogP contribution in [0.3, 0.4) is 0 Å². The lowest BCUT2D eigenvalue weighted by atomic mass is 10.3. The summed E-state index contributed by atoms with van der Waals surface area (Å²) in [5.74, 6) is 0. The van der Waals surface area contributed by atoms with Crippen molar-refractivity contribution in [2.45, 2.75) is 12.7 Å². The van der Waals surface area contributed by atoms with Crippen LogP contribution in [-0.4, -0.2) is 59.7 Å². The molecule has 1 aliphatic rings. The zero-order valence-electron chi connectivity index (χ0n) is 11.7. The van der Waals surface area contributed by atoms with Gasteiger partial charge in [0.1, 0.15) is 6.54 Å². The van der Waals surface area contributed by atoms with Gasteiger partial charge in [0.15, 0.2) is 0 Å². The Labute approximate surface area is 131 Å². The summed E-state index contributed by atoms with van der Waals surface area (Å²) >= 11 is 5.76. The van der Waals surface area contributed by atoms with Gasteiger partial charge in [-0.2, -0.15) is 13.2 Å². The van der Waals surface area contributed by atoms with Gasteiger partial charge in [-0.25, -0.2) is 4.79 Å². The normalized spacial score (nSPS) is 16.6. The number of carbonyl (C=O) groups excluding carboxylic acids is 1. The molecule has 0 aromatic carbocycles.